The summed E-state index contributed by atoms with van der Waals surface area (Å²) in [6.07, 6.45) is 3.33. The fourth-order valence-corrected chi connectivity index (χ4v) is 4.11. The second kappa shape index (κ2) is 6.26. The molecule has 4 aromatic rings. The fraction of sp³-hybridized carbons (Fsp3) is 0.0556. The minimum atomic E-state index is -0.178. The lowest BCUT2D eigenvalue weighted by Gasteiger charge is -2.04. The lowest BCUT2D eigenvalue weighted by molar-refractivity contribution is 1.18. The van der Waals surface area contributed by atoms with Gasteiger partial charge in [-0.3, -0.25) is 9.78 Å². The first-order chi connectivity index (χ1) is 12.0. The summed E-state index contributed by atoms with van der Waals surface area (Å²) in [5, 5.41) is 1.50. The van der Waals surface area contributed by atoms with Gasteiger partial charge in [0, 0.05) is 28.4 Å². The molecule has 0 saturated carbocycles. The van der Waals surface area contributed by atoms with Crippen molar-refractivity contribution in [2.45, 2.75) is 6.92 Å². The number of H-pyrrole nitrogens is 1. The van der Waals surface area contributed by atoms with Gasteiger partial charge in [-0.1, -0.05) is 29.3 Å². The van der Waals surface area contributed by atoms with Crippen molar-refractivity contribution in [1.29, 1.82) is 0 Å². The molecule has 0 fully saturated rings. The van der Waals surface area contributed by atoms with Crippen LogP contribution in [-0.2, 0) is 0 Å². The van der Waals surface area contributed by atoms with Crippen molar-refractivity contribution in [3.05, 3.63) is 68.0 Å². The maximum atomic E-state index is 12.8. The van der Waals surface area contributed by atoms with Crippen molar-refractivity contribution in [3.8, 4) is 22.5 Å². The van der Waals surface area contributed by atoms with Crippen LogP contribution in [0.3, 0.4) is 0 Å². The maximum absolute atomic E-state index is 12.8. The molecular weight excluding hydrogens is 377 g/mol. The first kappa shape index (κ1) is 16.3. The highest BCUT2D eigenvalue weighted by atomic mass is 35.5. The minimum absolute atomic E-state index is 0.178. The number of hydrogen-bond acceptors (Lipinski definition) is 4. The smallest absolute Gasteiger partial charge is 0.260 e. The van der Waals surface area contributed by atoms with E-state index in [4.69, 9.17) is 23.2 Å². The SMILES string of the molecule is Cc1sc2nc(-c3ccncc3)[nH]c(=O)c2c1-c1ccc(Cl)c(Cl)c1. The van der Waals surface area contributed by atoms with Crippen molar-refractivity contribution >= 4 is 44.8 Å². The zero-order valence-electron chi connectivity index (χ0n) is 13.0. The number of fused-ring (bicyclic) bond motifs is 1. The van der Waals surface area contributed by atoms with Crippen LogP contribution in [-0.4, -0.2) is 15.0 Å². The Morgan fingerprint density at radius 3 is 2.52 bits per heavy atom. The first-order valence-electron chi connectivity index (χ1n) is 7.44. The van der Waals surface area contributed by atoms with Crippen LogP contribution in [0.15, 0.2) is 47.5 Å². The normalized spacial score (nSPS) is 11.2. The van der Waals surface area contributed by atoms with E-state index in [0.717, 1.165) is 21.6 Å². The van der Waals surface area contributed by atoms with Gasteiger partial charge in [0.25, 0.3) is 5.56 Å². The average molecular weight is 388 g/mol. The molecule has 1 N–H and O–H groups in total. The molecule has 25 heavy (non-hydrogen) atoms. The molecule has 4 nitrogen and oxygen atoms in total. The zero-order chi connectivity index (χ0) is 17.6. The number of aromatic nitrogens is 3. The molecule has 1 aromatic carbocycles. The van der Waals surface area contributed by atoms with E-state index in [1.807, 2.05) is 25.1 Å². The van der Waals surface area contributed by atoms with Crippen molar-refractivity contribution in [2.24, 2.45) is 0 Å². The van der Waals surface area contributed by atoms with Gasteiger partial charge in [0.1, 0.15) is 10.7 Å². The quantitative estimate of drug-likeness (QED) is 0.505. The minimum Gasteiger partial charge on any atom is -0.306 e. The molecule has 3 aromatic heterocycles. The Labute approximate surface area is 157 Å². The fourth-order valence-electron chi connectivity index (χ4n) is 2.76. The van der Waals surface area contributed by atoms with Gasteiger partial charge in [0.2, 0.25) is 0 Å². The zero-order valence-corrected chi connectivity index (χ0v) is 15.3. The molecule has 0 unspecified atom stereocenters. The van der Waals surface area contributed by atoms with E-state index in [9.17, 15) is 4.79 Å². The van der Waals surface area contributed by atoms with E-state index in [1.165, 1.54) is 11.3 Å². The number of aromatic amines is 1. The summed E-state index contributed by atoms with van der Waals surface area (Å²) < 4.78 is 0. The Hall–Kier alpha value is -2.21. The Bertz CT molecular complexity index is 1150. The highest BCUT2D eigenvalue weighted by Crippen LogP contribution is 2.38. The van der Waals surface area contributed by atoms with Gasteiger partial charge in [0.05, 0.1) is 15.4 Å². The van der Waals surface area contributed by atoms with Crippen LogP contribution >= 0.6 is 34.5 Å². The predicted molar refractivity (Wildman–Crippen MR) is 104 cm³/mol. The second-order valence-electron chi connectivity index (χ2n) is 5.49. The number of nitrogens with zero attached hydrogens (tertiary/aromatic N) is 2. The Balaban J connectivity index is 1.97. The lowest BCUT2D eigenvalue weighted by Crippen LogP contribution is -2.09. The number of hydrogen-bond donors (Lipinski definition) is 1. The van der Waals surface area contributed by atoms with Gasteiger partial charge in [-0.15, -0.1) is 11.3 Å². The van der Waals surface area contributed by atoms with Crippen molar-refractivity contribution in [2.75, 3.05) is 0 Å². The number of rotatable bonds is 2. The molecule has 0 bridgehead atoms. The average Bonchev–Trinajstić information content (AvgIpc) is 2.94. The Morgan fingerprint density at radius 2 is 1.80 bits per heavy atom. The standard InChI is InChI=1S/C18H11Cl2N3OS/c1-9-14(11-2-3-12(19)13(20)8-11)15-17(24)22-16(23-18(15)25-9)10-4-6-21-7-5-10/h2-8H,1H3,(H,22,23,24). The number of halogens is 2. The summed E-state index contributed by atoms with van der Waals surface area (Å²) >= 11 is 13.6. The molecule has 7 heteroatoms. The summed E-state index contributed by atoms with van der Waals surface area (Å²) in [6.45, 7) is 1.97. The topological polar surface area (TPSA) is 58.6 Å². The monoisotopic (exact) mass is 387 g/mol. The van der Waals surface area contributed by atoms with Crippen LogP contribution in [0.25, 0.3) is 32.7 Å². The largest absolute Gasteiger partial charge is 0.306 e. The molecule has 0 aliphatic rings. The first-order valence-corrected chi connectivity index (χ1v) is 9.01. The van der Waals surface area contributed by atoms with Crippen LogP contribution in [0.5, 0.6) is 0 Å². The number of nitrogens with one attached hydrogen (secondary N) is 1. The van der Waals surface area contributed by atoms with E-state index < -0.39 is 0 Å². The summed E-state index contributed by atoms with van der Waals surface area (Å²) in [5.74, 6) is 0.529. The third-order valence-corrected chi connectivity index (χ3v) is 5.64. The number of thiophene rings is 1. The number of pyridine rings is 1. The van der Waals surface area contributed by atoms with E-state index in [1.54, 1.807) is 24.5 Å². The van der Waals surface area contributed by atoms with E-state index in [2.05, 4.69) is 15.0 Å². The van der Waals surface area contributed by atoms with Crippen LogP contribution in [0.2, 0.25) is 10.0 Å². The van der Waals surface area contributed by atoms with E-state index in [-0.39, 0.29) is 5.56 Å². The van der Waals surface area contributed by atoms with Crippen LogP contribution < -0.4 is 5.56 Å². The van der Waals surface area contributed by atoms with E-state index in [0.29, 0.717) is 26.1 Å². The van der Waals surface area contributed by atoms with Crippen LogP contribution in [0.1, 0.15) is 4.88 Å². The molecule has 0 saturated heterocycles. The summed E-state index contributed by atoms with van der Waals surface area (Å²) in [4.78, 5) is 25.9. The molecule has 0 aliphatic carbocycles. The summed E-state index contributed by atoms with van der Waals surface area (Å²) in [6, 6.07) is 8.98. The summed E-state index contributed by atoms with van der Waals surface area (Å²) in [5.41, 5.74) is 2.33. The van der Waals surface area contributed by atoms with Crippen molar-refractivity contribution in [1.82, 2.24) is 15.0 Å². The molecule has 3 heterocycles. The van der Waals surface area contributed by atoms with E-state index >= 15 is 0 Å². The highest BCUT2D eigenvalue weighted by molar-refractivity contribution is 7.19. The van der Waals surface area contributed by atoms with Gasteiger partial charge >= 0.3 is 0 Å². The highest BCUT2D eigenvalue weighted by Gasteiger charge is 2.17. The number of benzene rings is 1. The Morgan fingerprint density at radius 1 is 1.04 bits per heavy atom. The van der Waals surface area contributed by atoms with Gasteiger partial charge in [-0.25, -0.2) is 4.98 Å². The molecular formula is C18H11Cl2N3OS. The van der Waals surface area contributed by atoms with Crippen molar-refractivity contribution in [3.63, 3.8) is 0 Å². The van der Waals surface area contributed by atoms with Gasteiger partial charge in [-0.2, -0.15) is 0 Å². The second-order valence-corrected chi connectivity index (χ2v) is 7.51. The van der Waals surface area contributed by atoms with Gasteiger partial charge < -0.3 is 4.98 Å². The van der Waals surface area contributed by atoms with Crippen LogP contribution in [0, 0.1) is 6.92 Å². The van der Waals surface area contributed by atoms with Gasteiger partial charge in [0.15, 0.2) is 0 Å². The number of aryl methyl sites for hydroxylation is 1. The maximum Gasteiger partial charge on any atom is 0.260 e. The predicted octanol–water partition coefficient (Wildman–Crippen LogP) is 5.33. The molecule has 124 valence electrons. The Kier molecular flexibility index (Phi) is 4.07. The molecule has 0 spiro atoms. The van der Waals surface area contributed by atoms with Crippen molar-refractivity contribution < 1.29 is 0 Å². The molecule has 0 amide bonds. The molecule has 4 rings (SSSR count). The summed E-state index contributed by atoms with van der Waals surface area (Å²) in [7, 11) is 0. The third-order valence-electron chi connectivity index (χ3n) is 3.90. The lowest BCUT2D eigenvalue weighted by atomic mass is 10.0. The molecule has 0 aliphatic heterocycles. The molecule has 0 atom stereocenters. The molecule has 0 radical (unpaired) electrons. The van der Waals surface area contributed by atoms with Crippen LogP contribution in [0.4, 0.5) is 0 Å². The third kappa shape index (κ3) is 2.84. The van der Waals surface area contributed by atoms with Gasteiger partial charge in [-0.05, 0) is 36.8 Å².